The second-order valence-electron chi connectivity index (χ2n) is 5.99. The molecule has 1 atom stereocenters. The van der Waals surface area contributed by atoms with Crippen molar-refractivity contribution in [3.05, 3.63) is 41.2 Å². The van der Waals surface area contributed by atoms with Crippen LogP contribution in [-0.4, -0.2) is 33.3 Å². The van der Waals surface area contributed by atoms with Crippen molar-refractivity contribution < 1.29 is 9.53 Å². The van der Waals surface area contributed by atoms with Crippen LogP contribution < -0.4 is 11.1 Å². The Morgan fingerprint density at radius 1 is 1.46 bits per heavy atom. The molecule has 8 nitrogen and oxygen atoms in total. The van der Waals surface area contributed by atoms with Gasteiger partial charge in [0.05, 0.1) is 13.2 Å². The van der Waals surface area contributed by atoms with Gasteiger partial charge in [-0.15, -0.1) is 5.10 Å². The maximum Gasteiger partial charge on any atom is 0.327 e. The summed E-state index contributed by atoms with van der Waals surface area (Å²) >= 11 is 0. The van der Waals surface area contributed by atoms with E-state index in [0.29, 0.717) is 24.8 Å². The van der Waals surface area contributed by atoms with Crippen LogP contribution in [0.4, 0.5) is 0 Å². The Kier molecular flexibility index (Phi) is 5.17. The van der Waals surface area contributed by atoms with Crippen molar-refractivity contribution in [2.75, 3.05) is 7.11 Å². The van der Waals surface area contributed by atoms with E-state index in [9.17, 15) is 4.79 Å². The lowest BCUT2D eigenvalue weighted by molar-refractivity contribution is -0.141. The predicted molar refractivity (Wildman–Crippen MR) is 86.5 cm³/mol. The van der Waals surface area contributed by atoms with Gasteiger partial charge in [0.2, 0.25) is 0 Å². The molecular formula is C16H22N6O2. The summed E-state index contributed by atoms with van der Waals surface area (Å²) in [4.78, 5) is 11.5. The van der Waals surface area contributed by atoms with Gasteiger partial charge in [0.15, 0.2) is 5.82 Å². The molecule has 0 spiro atoms. The number of carbonyl (C=O) groups excluding carboxylic acids is 1. The van der Waals surface area contributed by atoms with Crippen LogP contribution in [0.5, 0.6) is 0 Å². The van der Waals surface area contributed by atoms with Crippen molar-refractivity contribution in [3.8, 4) is 0 Å². The molecule has 1 heterocycles. The molecule has 1 aliphatic carbocycles. The molecule has 1 aliphatic rings. The van der Waals surface area contributed by atoms with Crippen molar-refractivity contribution in [3.63, 3.8) is 0 Å². The molecule has 1 fully saturated rings. The standard InChI is InChI=1S/C16H22N6O2/c1-24-14(23)10-22-16(19-20-21-22)15(13-5-6-13)18-9-12-4-2-3-11(7-12)8-17/h2-4,7,13,15,18H,5-6,8-10,17H2,1H3. The number of nitrogens with two attached hydrogens (primary N) is 1. The molecule has 0 bridgehead atoms. The minimum Gasteiger partial charge on any atom is -0.468 e. The maximum absolute atomic E-state index is 11.5. The highest BCUT2D eigenvalue weighted by molar-refractivity contribution is 5.68. The van der Waals surface area contributed by atoms with E-state index in [-0.39, 0.29) is 18.6 Å². The average molecular weight is 330 g/mol. The quantitative estimate of drug-likeness (QED) is 0.680. The number of tetrazole rings is 1. The lowest BCUT2D eigenvalue weighted by atomic mass is 10.1. The molecule has 1 unspecified atom stereocenters. The summed E-state index contributed by atoms with van der Waals surface area (Å²) < 4.78 is 6.21. The van der Waals surface area contributed by atoms with E-state index in [0.717, 1.165) is 24.0 Å². The molecule has 0 radical (unpaired) electrons. The van der Waals surface area contributed by atoms with E-state index < -0.39 is 0 Å². The van der Waals surface area contributed by atoms with Gasteiger partial charge in [0.1, 0.15) is 6.54 Å². The monoisotopic (exact) mass is 330 g/mol. The minimum absolute atomic E-state index is 0.0196. The van der Waals surface area contributed by atoms with Gasteiger partial charge in [-0.3, -0.25) is 4.79 Å². The van der Waals surface area contributed by atoms with Crippen LogP contribution in [0.2, 0.25) is 0 Å². The second kappa shape index (κ2) is 7.50. The summed E-state index contributed by atoms with van der Waals surface area (Å²) in [6, 6.07) is 8.19. The number of nitrogens with one attached hydrogen (secondary N) is 1. The fourth-order valence-corrected chi connectivity index (χ4v) is 2.73. The van der Waals surface area contributed by atoms with E-state index in [1.54, 1.807) is 0 Å². The average Bonchev–Trinajstić information content (AvgIpc) is 3.35. The first-order valence-electron chi connectivity index (χ1n) is 8.05. The van der Waals surface area contributed by atoms with E-state index in [1.807, 2.05) is 12.1 Å². The van der Waals surface area contributed by atoms with E-state index >= 15 is 0 Å². The van der Waals surface area contributed by atoms with E-state index in [2.05, 4.69) is 33.0 Å². The molecule has 2 aromatic rings. The minimum atomic E-state index is -0.367. The van der Waals surface area contributed by atoms with Crippen molar-refractivity contribution >= 4 is 5.97 Å². The third kappa shape index (κ3) is 3.95. The summed E-state index contributed by atoms with van der Waals surface area (Å²) in [6.45, 7) is 1.24. The van der Waals surface area contributed by atoms with Gasteiger partial charge in [0.25, 0.3) is 0 Å². The van der Waals surface area contributed by atoms with E-state index in [1.165, 1.54) is 11.8 Å². The highest BCUT2D eigenvalue weighted by Crippen LogP contribution is 2.40. The Balaban J connectivity index is 1.71. The van der Waals surface area contributed by atoms with E-state index in [4.69, 9.17) is 10.5 Å². The zero-order valence-electron chi connectivity index (χ0n) is 13.7. The molecule has 24 heavy (non-hydrogen) atoms. The third-order valence-corrected chi connectivity index (χ3v) is 4.19. The number of rotatable bonds is 8. The summed E-state index contributed by atoms with van der Waals surface area (Å²) in [5, 5.41) is 15.3. The fraction of sp³-hybridized carbons (Fsp3) is 0.500. The van der Waals surface area contributed by atoms with Crippen LogP contribution in [0.15, 0.2) is 24.3 Å². The van der Waals surface area contributed by atoms with Crippen LogP contribution in [0, 0.1) is 5.92 Å². The number of carbonyl (C=O) groups is 1. The van der Waals surface area contributed by atoms with Crippen molar-refractivity contribution in [2.24, 2.45) is 11.7 Å². The summed E-state index contributed by atoms with van der Waals surface area (Å²) in [7, 11) is 1.35. The van der Waals surface area contributed by atoms with Crippen molar-refractivity contribution in [1.82, 2.24) is 25.5 Å². The number of hydrogen-bond acceptors (Lipinski definition) is 7. The predicted octanol–water partition coefficient (Wildman–Crippen LogP) is 0.546. The Morgan fingerprint density at radius 3 is 2.96 bits per heavy atom. The molecule has 128 valence electrons. The molecule has 8 heteroatoms. The lowest BCUT2D eigenvalue weighted by Gasteiger charge is -2.17. The number of benzene rings is 1. The van der Waals surface area contributed by atoms with Crippen LogP contribution in [0.1, 0.15) is 35.8 Å². The van der Waals surface area contributed by atoms with Crippen molar-refractivity contribution in [1.29, 1.82) is 0 Å². The Bertz CT molecular complexity index is 697. The van der Waals surface area contributed by atoms with Crippen LogP contribution >= 0.6 is 0 Å². The molecule has 3 rings (SSSR count). The molecular weight excluding hydrogens is 308 g/mol. The largest absolute Gasteiger partial charge is 0.468 e. The Morgan fingerprint density at radius 2 is 2.25 bits per heavy atom. The van der Waals surface area contributed by atoms with Gasteiger partial charge < -0.3 is 15.8 Å². The SMILES string of the molecule is COC(=O)Cn1nnnc1C(NCc1cccc(CN)c1)C1CC1. The molecule has 0 aliphatic heterocycles. The van der Waals surface area contributed by atoms with Crippen LogP contribution in [0.3, 0.4) is 0 Å². The number of methoxy groups -OCH3 is 1. The normalized spacial score (nSPS) is 15.2. The van der Waals surface area contributed by atoms with Crippen LogP contribution in [0.25, 0.3) is 0 Å². The van der Waals surface area contributed by atoms with Gasteiger partial charge in [-0.05, 0) is 40.3 Å². The fourth-order valence-electron chi connectivity index (χ4n) is 2.73. The number of aromatic nitrogens is 4. The van der Waals surface area contributed by atoms with Gasteiger partial charge in [-0.1, -0.05) is 24.3 Å². The molecule has 0 amide bonds. The third-order valence-electron chi connectivity index (χ3n) is 4.19. The van der Waals surface area contributed by atoms with Gasteiger partial charge >= 0.3 is 5.97 Å². The topological polar surface area (TPSA) is 108 Å². The first-order chi connectivity index (χ1) is 11.7. The van der Waals surface area contributed by atoms with Gasteiger partial charge in [0, 0.05) is 13.1 Å². The highest BCUT2D eigenvalue weighted by atomic mass is 16.5. The Labute approximate surface area is 140 Å². The smallest absolute Gasteiger partial charge is 0.327 e. The van der Waals surface area contributed by atoms with Crippen molar-refractivity contribution in [2.45, 2.75) is 38.5 Å². The maximum atomic E-state index is 11.5. The zero-order chi connectivity index (χ0) is 16.9. The lowest BCUT2D eigenvalue weighted by Crippen LogP contribution is -2.27. The van der Waals surface area contributed by atoms with Crippen LogP contribution in [-0.2, 0) is 29.2 Å². The summed E-state index contributed by atoms with van der Waals surface area (Å²) in [6.07, 6.45) is 2.26. The second-order valence-corrected chi connectivity index (χ2v) is 5.99. The molecule has 1 aromatic heterocycles. The Hall–Kier alpha value is -2.32. The first-order valence-corrected chi connectivity index (χ1v) is 8.05. The first kappa shape index (κ1) is 16.5. The van der Waals surface area contributed by atoms with Gasteiger partial charge in [-0.2, -0.15) is 0 Å². The molecule has 0 saturated heterocycles. The summed E-state index contributed by atoms with van der Waals surface area (Å²) in [5.41, 5.74) is 7.96. The highest BCUT2D eigenvalue weighted by Gasteiger charge is 2.35. The number of ether oxygens (including phenoxy) is 1. The number of esters is 1. The molecule has 1 saturated carbocycles. The summed E-state index contributed by atoms with van der Waals surface area (Å²) in [5.74, 6) is 0.803. The number of nitrogens with zero attached hydrogens (tertiary/aromatic N) is 4. The molecule has 1 aromatic carbocycles. The van der Waals surface area contributed by atoms with Gasteiger partial charge in [-0.25, -0.2) is 4.68 Å². The number of hydrogen-bond donors (Lipinski definition) is 2. The zero-order valence-corrected chi connectivity index (χ0v) is 13.7. The molecule has 3 N–H and O–H groups in total.